The SMILES string of the molecule is COC(=O)[C@H](Cc1ccccc1Cl)NC(=O)c1c2ccccc2nc2ccccc12. The Kier molecular flexibility index (Phi) is 5.63. The van der Waals surface area contributed by atoms with E-state index in [1.807, 2.05) is 66.7 Å². The minimum absolute atomic E-state index is 0.221. The second-order valence-corrected chi connectivity index (χ2v) is 7.27. The van der Waals surface area contributed by atoms with Crippen molar-refractivity contribution in [3.63, 3.8) is 0 Å². The number of hydrogen-bond acceptors (Lipinski definition) is 4. The number of carbonyl (C=O) groups is 2. The van der Waals surface area contributed by atoms with Crippen LogP contribution in [0, 0.1) is 0 Å². The maximum absolute atomic E-state index is 13.4. The lowest BCUT2D eigenvalue weighted by atomic mass is 10.0. The summed E-state index contributed by atoms with van der Waals surface area (Å²) in [6, 6.07) is 21.2. The Bertz CT molecular complexity index is 1200. The molecule has 1 aromatic heterocycles. The lowest BCUT2D eigenvalue weighted by Gasteiger charge is -2.18. The van der Waals surface area contributed by atoms with Crippen molar-refractivity contribution < 1.29 is 14.3 Å². The Labute approximate surface area is 178 Å². The maximum atomic E-state index is 13.4. The number of rotatable bonds is 5. The normalized spacial score (nSPS) is 11.9. The lowest BCUT2D eigenvalue weighted by Crippen LogP contribution is -2.43. The highest BCUT2D eigenvalue weighted by molar-refractivity contribution is 6.31. The number of esters is 1. The molecule has 0 radical (unpaired) electrons. The molecule has 0 saturated heterocycles. The van der Waals surface area contributed by atoms with E-state index >= 15 is 0 Å². The molecule has 1 amide bonds. The maximum Gasteiger partial charge on any atom is 0.328 e. The molecule has 0 saturated carbocycles. The minimum atomic E-state index is -0.881. The van der Waals surface area contributed by atoms with Crippen LogP contribution in [0.5, 0.6) is 0 Å². The highest BCUT2D eigenvalue weighted by Gasteiger charge is 2.25. The van der Waals surface area contributed by atoms with E-state index in [1.165, 1.54) is 7.11 Å². The third-order valence-electron chi connectivity index (χ3n) is 4.99. The molecule has 4 aromatic rings. The Morgan fingerprint density at radius 2 is 1.50 bits per heavy atom. The van der Waals surface area contributed by atoms with E-state index in [0.29, 0.717) is 21.6 Å². The first-order chi connectivity index (χ1) is 14.6. The molecular formula is C24H19ClN2O3. The van der Waals surface area contributed by atoms with Crippen molar-refractivity contribution in [2.75, 3.05) is 7.11 Å². The van der Waals surface area contributed by atoms with Gasteiger partial charge in [-0.1, -0.05) is 66.2 Å². The summed E-state index contributed by atoms with van der Waals surface area (Å²) in [5, 5.41) is 4.81. The van der Waals surface area contributed by atoms with Gasteiger partial charge in [-0.3, -0.25) is 4.79 Å². The number of ether oxygens (including phenoxy) is 1. The van der Waals surface area contributed by atoms with Crippen LogP contribution in [0.3, 0.4) is 0 Å². The number of pyridine rings is 1. The second-order valence-electron chi connectivity index (χ2n) is 6.87. The summed E-state index contributed by atoms with van der Waals surface area (Å²) in [5.41, 5.74) is 2.65. The molecule has 4 rings (SSSR count). The molecule has 150 valence electrons. The molecule has 5 nitrogen and oxygen atoms in total. The molecule has 0 spiro atoms. The van der Waals surface area contributed by atoms with E-state index < -0.39 is 12.0 Å². The molecule has 30 heavy (non-hydrogen) atoms. The van der Waals surface area contributed by atoms with Gasteiger partial charge in [-0.2, -0.15) is 0 Å². The molecule has 3 aromatic carbocycles. The van der Waals surface area contributed by atoms with E-state index in [1.54, 1.807) is 6.07 Å². The highest BCUT2D eigenvalue weighted by atomic mass is 35.5. The summed E-state index contributed by atoms with van der Waals surface area (Å²) in [7, 11) is 1.30. The second kappa shape index (κ2) is 8.51. The largest absolute Gasteiger partial charge is 0.467 e. The number of aromatic nitrogens is 1. The van der Waals surface area contributed by atoms with E-state index in [2.05, 4.69) is 10.3 Å². The fourth-order valence-corrected chi connectivity index (χ4v) is 3.75. The number of nitrogens with one attached hydrogen (secondary N) is 1. The van der Waals surface area contributed by atoms with Crippen molar-refractivity contribution in [1.82, 2.24) is 10.3 Å². The van der Waals surface area contributed by atoms with Crippen molar-refractivity contribution in [3.8, 4) is 0 Å². The van der Waals surface area contributed by atoms with Gasteiger partial charge in [0.15, 0.2) is 0 Å². The van der Waals surface area contributed by atoms with Crippen molar-refractivity contribution in [1.29, 1.82) is 0 Å². The van der Waals surface area contributed by atoms with Gasteiger partial charge in [-0.25, -0.2) is 9.78 Å². The van der Waals surface area contributed by atoms with Gasteiger partial charge in [-0.05, 0) is 23.8 Å². The number of hydrogen-bond donors (Lipinski definition) is 1. The third kappa shape index (κ3) is 3.84. The summed E-state index contributed by atoms with van der Waals surface area (Å²) in [6.45, 7) is 0. The standard InChI is InChI=1S/C24H19ClN2O3/c1-30-24(29)21(14-15-8-2-5-11-18(15)25)27-23(28)22-16-9-3-6-12-19(16)26-20-13-7-4-10-17(20)22/h2-13,21H,14H2,1H3,(H,27,28)/t21-/m0/s1. The first-order valence-electron chi connectivity index (χ1n) is 9.48. The fraction of sp³-hybridized carbons (Fsp3) is 0.125. The van der Waals surface area contributed by atoms with Crippen molar-refractivity contribution >= 4 is 45.3 Å². The lowest BCUT2D eigenvalue weighted by molar-refractivity contribution is -0.142. The molecule has 0 unspecified atom stereocenters. The zero-order chi connectivity index (χ0) is 21.1. The molecule has 6 heteroatoms. The molecule has 0 fully saturated rings. The number of fused-ring (bicyclic) bond motifs is 2. The number of amides is 1. The van der Waals surface area contributed by atoms with E-state index in [0.717, 1.165) is 16.3 Å². The first kappa shape index (κ1) is 19.9. The number of halogens is 1. The van der Waals surface area contributed by atoms with Crippen LogP contribution in [0.2, 0.25) is 5.02 Å². The van der Waals surface area contributed by atoms with Gasteiger partial charge in [-0.15, -0.1) is 0 Å². The summed E-state index contributed by atoms with van der Waals surface area (Å²) < 4.78 is 4.93. The molecular weight excluding hydrogens is 400 g/mol. The van der Waals surface area contributed by atoms with E-state index in [9.17, 15) is 9.59 Å². The van der Waals surface area contributed by atoms with E-state index in [-0.39, 0.29) is 12.3 Å². The Balaban J connectivity index is 1.76. The van der Waals surface area contributed by atoms with Crippen LogP contribution in [0.25, 0.3) is 21.8 Å². The van der Waals surface area contributed by atoms with Crippen LogP contribution < -0.4 is 5.32 Å². The molecule has 0 aliphatic carbocycles. The number of para-hydroxylation sites is 2. The summed E-state index contributed by atoms with van der Waals surface area (Å²) in [6.07, 6.45) is 0.221. The van der Waals surface area contributed by atoms with Gasteiger partial charge < -0.3 is 10.1 Å². The molecule has 1 N–H and O–H groups in total. The summed E-state index contributed by atoms with van der Waals surface area (Å²) in [4.78, 5) is 30.5. The number of benzene rings is 3. The van der Waals surface area contributed by atoms with Gasteiger partial charge in [0.2, 0.25) is 0 Å². The van der Waals surface area contributed by atoms with Crippen molar-refractivity contribution in [2.45, 2.75) is 12.5 Å². The molecule has 0 aliphatic rings. The topological polar surface area (TPSA) is 68.3 Å². The molecule has 1 heterocycles. The predicted molar refractivity (Wildman–Crippen MR) is 118 cm³/mol. The van der Waals surface area contributed by atoms with E-state index in [4.69, 9.17) is 16.3 Å². The molecule has 0 aliphatic heterocycles. The van der Waals surface area contributed by atoms with Crippen LogP contribution >= 0.6 is 11.6 Å². The average Bonchev–Trinajstić information content (AvgIpc) is 2.77. The number of methoxy groups -OCH3 is 1. The predicted octanol–water partition coefficient (Wildman–Crippen LogP) is 4.56. The van der Waals surface area contributed by atoms with Gasteiger partial charge in [0.1, 0.15) is 6.04 Å². The van der Waals surface area contributed by atoms with Gasteiger partial charge in [0.05, 0.1) is 23.7 Å². The summed E-state index contributed by atoms with van der Waals surface area (Å²) >= 11 is 6.25. The number of nitrogens with zero attached hydrogens (tertiary/aromatic N) is 1. The Hall–Kier alpha value is -3.44. The van der Waals surface area contributed by atoms with Crippen molar-refractivity contribution in [2.24, 2.45) is 0 Å². The molecule has 0 bridgehead atoms. The Morgan fingerprint density at radius 1 is 0.933 bits per heavy atom. The average molecular weight is 419 g/mol. The Morgan fingerprint density at radius 3 is 2.10 bits per heavy atom. The third-order valence-corrected chi connectivity index (χ3v) is 5.36. The van der Waals surface area contributed by atoms with Crippen LogP contribution in [0.1, 0.15) is 15.9 Å². The minimum Gasteiger partial charge on any atom is -0.467 e. The number of carbonyl (C=O) groups excluding carboxylic acids is 2. The van der Waals surface area contributed by atoms with Crippen LogP contribution in [-0.2, 0) is 16.0 Å². The molecule has 1 atom stereocenters. The first-order valence-corrected chi connectivity index (χ1v) is 9.86. The zero-order valence-electron chi connectivity index (χ0n) is 16.3. The fourth-order valence-electron chi connectivity index (χ4n) is 3.53. The quantitative estimate of drug-likeness (QED) is 0.381. The highest BCUT2D eigenvalue weighted by Crippen LogP contribution is 2.26. The van der Waals surface area contributed by atoms with Gasteiger partial charge >= 0.3 is 5.97 Å². The summed E-state index contributed by atoms with van der Waals surface area (Å²) in [5.74, 6) is -0.904. The van der Waals surface area contributed by atoms with Crippen molar-refractivity contribution in [3.05, 3.63) is 88.9 Å². The van der Waals surface area contributed by atoms with Crippen LogP contribution in [0.15, 0.2) is 72.8 Å². The van der Waals surface area contributed by atoms with Gasteiger partial charge in [0, 0.05) is 22.2 Å². The monoisotopic (exact) mass is 418 g/mol. The smallest absolute Gasteiger partial charge is 0.328 e. The van der Waals surface area contributed by atoms with Gasteiger partial charge in [0.25, 0.3) is 5.91 Å². The van der Waals surface area contributed by atoms with Crippen LogP contribution in [-0.4, -0.2) is 30.0 Å². The zero-order valence-corrected chi connectivity index (χ0v) is 17.0. The van der Waals surface area contributed by atoms with Crippen LogP contribution in [0.4, 0.5) is 0 Å².